The highest BCUT2D eigenvalue weighted by Crippen LogP contribution is 2.25. The molecule has 0 saturated carbocycles. The van der Waals surface area contributed by atoms with E-state index in [9.17, 15) is 0 Å². The second-order valence-electron chi connectivity index (χ2n) is 5.33. The van der Waals surface area contributed by atoms with E-state index in [0.29, 0.717) is 0 Å². The van der Waals surface area contributed by atoms with E-state index >= 15 is 0 Å². The zero-order chi connectivity index (χ0) is 13.6. The van der Waals surface area contributed by atoms with E-state index in [1.165, 1.54) is 37.1 Å². The normalized spacial score (nSPS) is 14.9. The molecule has 0 radical (unpaired) electrons. The Morgan fingerprint density at radius 1 is 1.10 bits per heavy atom. The lowest BCUT2D eigenvalue weighted by molar-refractivity contribution is 0.483. The third-order valence-corrected chi connectivity index (χ3v) is 3.89. The first-order chi connectivity index (χ1) is 9.93. The Morgan fingerprint density at radius 3 is 2.95 bits per heavy atom. The van der Waals surface area contributed by atoms with E-state index in [4.69, 9.17) is 4.42 Å². The predicted octanol–water partition coefficient (Wildman–Crippen LogP) is 3.21. The first kappa shape index (κ1) is 13.3. The molecular weight excluding hydrogens is 248 g/mol. The fraction of sp³-hybridized carbons (Fsp3) is 0.412. The number of aryl methyl sites for hydroxylation is 1. The van der Waals surface area contributed by atoms with Gasteiger partial charge in [-0.1, -0.05) is 18.2 Å². The molecule has 3 nitrogen and oxygen atoms in total. The lowest BCUT2D eigenvalue weighted by Crippen LogP contribution is -2.32. The Balaban J connectivity index is 1.54. The highest BCUT2D eigenvalue weighted by atomic mass is 16.3. The van der Waals surface area contributed by atoms with Crippen molar-refractivity contribution in [3.05, 3.63) is 54.0 Å². The maximum atomic E-state index is 5.33. The number of nitrogens with one attached hydrogen (secondary N) is 1. The van der Waals surface area contributed by atoms with Crippen molar-refractivity contribution < 1.29 is 4.42 Å². The predicted molar refractivity (Wildman–Crippen MR) is 82.0 cm³/mol. The molecule has 0 atom stereocenters. The van der Waals surface area contributed by atoms with Crippen LogP contribution in [0.1, 0.15) is 24.2 Å². The third kappa shape index (κ3) is 3.23. The summed E-state index contributed by atoms with van der Waals surface area (Å²) in [4.78, 5) is 2.51. The van der Waals surface area contributed by atoms with Gasteiger partial charge in [0.15, 0.2) is 0 Å². The van der Waals surface area contributed by atoms with Gasteiger partial charge in [-0.25, -0.2) is 0 Å². The Bertz CT molecular complexity index is 522. The van der Waals surface area contributed by atoms with Crippen molar-refractivity contribution in [2.45, 2.75) is 25.8 Å². The first-order valence-corrected chi connectivity index (χ1v) is 7.49. The van der Waals surface area contributed by atoms with E-state index in [1.54, 1.807) is 6.26 Å². The summed E-state index contributed by atoms with van der Waals surface area (Å²) in [5.74, 6) is 1.00. The molecule has 106 valence electrons. The van der Waals surface area contributed by atoms with E-state index in [-0.39, 0.29) is 0 Å². The quantitative estimate of drug-likeness (QED) is 0.846. The monoisotopic (exact) mass is 270 g/mol. The van der Waals surface area contributed by atoms with Crippen LogP contribution in [-0.2, 0) is 13.0 Å². The van der Waals surface area contributed by atoms with Gasteiger partial charge in [-0.2, -0.15) is 0 Å². The summed E-state index contributed by atoms with van der Waals surface area (Å²) in [6.45, 7) is 4.01. The molecule has 1 aromatic carbocycles. The van der Waals surface area contributed by atoms with Crippen LogP contribution < -0.4 is 10.2 Å². The summed E-state index contributed by atoms with van der Waals surface area (Å²) in [7, 11) is 0. The summed E-state index contributed by atoms with van der Waals surface area (Å²) in [5.41, 5.74) is 2.92. The molecule has 3 rings (SSSR count). The van der Waals surface area contributed by atoms with Gasteiger partial charge in [0, 0.05) is 25.3 Å². The van der Waals surface area contributed by atoms with Crippen molar-refractivity contribution in [2.75, 3.05) is 24.5 Å². The number of fused-ring (bicyclic) bond motifs is 1. The van der Waals surface area contributed by atoms with Gasteiger partial charge in [-0.3, -0.25) is 0 Å². The standard InChI is InChI=1S/C17H22N2O/c1-2-9-17-15(6-1)7-3-4-11-19(17)12-10-18-14-16-8-5-13-20-16/h1-2,5-6,8-9,13,18H,3-4,7,10-12,14H2. The summed E-state index contributed by atoms with van der Waals surface area (Å²) in [6.07, 6.45) is 5.52. The zero-order valence-corrected chi connectivity index (χ0v) is 11.8. The van der Waals surface area contributed by atoms with Gasteiger partial charge in [0.05, 0.1) is 12.8 Å². The Kier molecular flexibility index (Phi) is 4.38. The topological polar surface area (TPSA) is 28.4 Å². The van der Waals surface area contributed by atoms with Gasteiger partial charge < -0.3 is 14.6 Å². The summed E-state index contributed by atoms with van der Waals surface area (Å²) in [6, 6.07) is 12.8. The number of anilines is 1. The number of rotatable bonds is 5. The maximum absolute atomic E-state index is 5.33. The van der Waals surface area contributed by atoms with Gasteiger partial charge in [-0.05, 0) is 43.0 Å². The molecule has 2 aromatic rings. The van der Waals surface area contributed by atoms with Crippen LogP contribution in [0.5, 0.6) is 0 Å². The zero-order valence-electron chi connectivity index (χ0n) is 11.8. The van der Waals surface area contributed by atoms with Crippen LogP contribution in [0.4, 0.5) is 5.69 Å². The number of hydrogen-bond acceptors (Lipinski definition) is 3. The Labute approximate surface area is 120 Å². The molecule has 1 aliphatic rings. The van der Waals surface area contributed by atoms with E-state index < -0.39 is 0 Å². The van der Waals surface area contributed by atoms with Crippen LogP contribution >= 0.6 is 0 Å². The van der Waals surface area contributed by atoms with Crippen molar-refractivity contribution in [1.29, 1.82) is 0 Å². The lowest BCUT2D eigenvalue weighted by atomic mass is 10.1. The minimum atomic E-state index is 0.808. The molecule has 0 fully saturated rings. The van der Waals surface area contributed by atoms with Gasteiger partial charge in [0.2, 0.25) is 0 Å². The van der Waals surface area contributed by atoms with E-state index in [0.717, 1.165) is 25.4 Å². The molecule has 2 heterocycles. The second-order valence-corrected chi connectivity index (χ2v) is 5.33. The minimum Gasteiger partial charge on any atom is -0.468 e. The number of furan rings is 1. The molecule has 0 saturated heterocycles. The molecule has 3 heteroatoms. The van der Waals surface area contributed by atoms with Gasteiger partial charge in [0.25, 0.3) is 0 Å². The molecule has 0 unspecified atom stereocenters. The van der Waals surface area contributed by atoms with Crippen LogP contribution in [-0.4, -0.2) is 19.6 Å². The van der Waals surface area contributed by atoms with Crippen molar-refractivity contribution in [1.82, 2.24) is 5.32 Å². The number of nitrogens with zero attached hydrogens (tertiary/aromatic N) is 1. The van der Waals surface area contributed by atoms with Crippen LogP contribution in [0.3, 0.4) is 0 Å². The molecule has 0 aliphatic carbocycles. The average molecular weight is 270 g/mol. The molecule has 0 amide bonds. The smallest absolute Gasteiger partial charge is 0.117 e. The molecular formula is C17H22N2O. The van der Waals surface area contributed by atoms with Crippen molar-refractivity contribution >= 4 is 5.69 Å². The molecule has 1 aliphatic heterocycles. The maximum Gasteiger partial charge on any atom is 0.117 e. The largest absolute Gasteiger partial charge is 0.468 e. The van der Waals surface area contributed by atoms with E-state index in [1.807, 2.05) is 12.1 Å². The summed E-state index contributed by atoms with van der Waals surface area (Å²) < 4.78 is 5.33. The highest BCUT2D eigenvalue weighted by Gasteiger charge is 2.13. The van der Waals surface area contributed by atoms with Crippen LogP contribution in [0, 0.1) is 0 Å². The van der Waals surface area contributed by atoms with Gasteiger partial charge in [0.1, 0.15) is 5.76 Å². The minimum absolute atomic E-state index is 0.808. The SMILES string of the molecule is c1coc(CNCCN2CCCCc3ccccc32)c1. The summed E-state index contributed by atoms with van der Waals surface area (Å²) >= 11 is 0. The molecule has 1 N–H and O–H groups in total. The molecule has 1 aromatic heterocycles. The number of para-hydroxylation sites is 1. The van der Waals surface area contributed by atoms with Crippen molar-refractivity contribution in [2.24, 2.45) is 0 Å². The van der Waals surface area contributed by atoms with Crippen LogP contribution in [0.15, 0.2) is 47.1 Å². The second kappa shape index (κ2) is 6.62. The van der Waals surface area contributed by atoms with Crippen molar-refractivity contribution in [3.63, 3.8) is 0 Å². The fourth-order valence-corrected chi connectivity index (χ4v) is 2.84. The number of hydrogen-bond donors (Lipinski definition) is 1. The molecule has 0 spiro atoms. The highest BCUT2D eigenvalue weighted by molar-refractivity contribution is 5.54. The molecule has 0 bridgehead atoms. The lowest BCUT2D eigenvalue weighted by Gasteiger charge is -2.25. The first-order valence-electron chi connectivity index (χ1n) is 7.49. The fourth-order valence-electron chi connectivity index (χ4n) is 2.84. The average Bonchev–Trinajstić information content (AvgIpc) is 2.91. The van der Waals surface area contributed by atoms with E-state index in [2.05, 4.69) is 34.5 Å². The van der Waals surface area contributed by atoms with Crippen LogP contribution in [0.2, 0.25) is 0 Å². The van der Waals surface area contributed by atoms with Crippen LogP contribution in [0.25, 0.3) is 0 Å². The third-order valence-electron chi connectivity index (χ3n) is 3.89. The van der Waals surface area contributed by atoms with Gasteiger partial charge >= 0.3 is 0 Å². The molecule has 20 heavy (non-hydrogen) atoms. The number of benzene rings is 1. The Morgan fingerprint density at radius 2 is 2.05 bits per heavy atom. The van der Waals surface area contributed by atoms with Crippen molar-refractivity contribution in [3.8, 4) is 0 Å². The van der Waals surface area contributed by atoms with Gasteiger partial charge in [-0.15, -0.1) is 0 Å². The summed E-state index contributed by atoms with van der Waals surface area (Å²) in [5, 5.41) is 3.45. The Hall–Kier alpha value is -1.74.